The highest BCUT2D eigenvalue weighted by Crippen LogP contribution is 2.23. The fourth-order valence-electron chi connectivity index (χ4n) is 1.52. The third-order valence-corrected chi connectivity index (χ3v) is 2.42. The summed E-state index contributed by atoms with van der Waals surface area (Å²) in [4.78, 5) is 23.4. The topological polar surface area (TPSA) is 87.9 Å². The van der Waals surface area contributed by atoms with Crippen molar-refractivity contribution in [1.29, 1.82) is 0 Å². The van der Waals surface area contributed by atoms with Gasteiger partial charge in [0.25, 0.3) is 0 Å². The highest BCUT2D eigenvalue weighted by atomic mass is 16.6. The maximum Gasteiger partial charge on any atom is 0.347 e. The number of nitrogen functional groups attached to an aromatic ring is 1. The van der Waals surface area contributed by atoms with Crippen molar-refractivity contribution < 1.29 is 23.8 Å². The zero-order valence-corrected chi connectivity index (χ0v) is 11.8. The van der Waals surface area contributed by atoms with Gasteiger partial charge in [0.2, 0.25) is 0 Å². The molecule has 0 heterocycles. The predicted molar refractivity (Wildman–Crippen MR) is 73.5 cm³/mol. The zero-order valence-electron chi connectivity index (χ0n) is 11.8. The van der Waals surface area contributed by atoms with Gasteiger partial charge in [-0.15, -0.1) is 0 Å². The quantitative estimate of drug-likeness (QED) is 0.631. The minimum Gasteiger partial charge on any atom is -0.478 e. The second-order valence-corrected chi connectivity index (χ2v) is 3.99. The normalized spacial score (nSPS) is 11.6. The van der Waals surface area contributed by atoms with Gasteiger partial charge >= 0.3 is 11.9 Å². The van der Waals surface area contributed by atoms with Crippen LogP contribution in [0.3, 0.4) is 0 Å². The Balaban J connectivity index is 2.94. The lowest BCUT2D eigenvalue weighted by Crippen LogP contribution is -2.27. The second kappa shape index (κ2) is 7.37. The molecule has 0 aliphatic carbocycles. The van der Waals surface area contributed by atoms with Crippen LogP contribution in [-0.2, 0) is 14.3 Å². The lowest BCUT2D eigenvalue weighted by atomic mass is 10.1. The van der Waals surface area contributed by atoms with Gasteiger partial charge < -0.3 is 19.9 Å². The zero-order chi connectivity index (χ0) is 15.1. The maximum atomic E-state index is 11.8. The summed E-state index contributed by atoms with van der Waals surface area (Å²) in [5.41, 5.74) is 6.23. The van der Waals surface area contributed by atoms with Crippen molar-refractivity contribution >= 4 is 17.6 Å². The van der Waals surface area contributed by atoms with Gasteiger partial charge in [0.15, 0.2) is 6.10 Å². The summed E-state index contributed by atoms with van der Waals surface area (Å²) in [7, 11) is 0. The van der Waals surface area contributed by atoms with E-state index in [4.69, 9.17) is 19.9 Å². The molecular formula is C14H19NO5. The Morgan fingerprint density at radius 3 is 2.45 bits per heavy atom. The number of rotatable bonds is 6. The Bertz CT molecular complexity index is 486. The molecule has 0 bridgehead atoms. The molecule has 0 saturated carbocycles. The number of hydrogen-bond donors (Lipinski definition) is 1. The van der Waals surface area contributed by atoms with Crippen LogP contribution in [0.5, 0.6) is 5.75 Å². The van der Waals surface area contributed by atoms with Gasteiger partial charge in [-0.2, -0.15) is 0 Å². The van der Waals surface area contributed by atoms with Crippen LogP contribution >= 0.6 is 0 Å². The summed E-state index contributed by atoms with van der Waals surface area (Å²) in [5, 5.41) is 0. The van der Waals surface area contributed by atoms with E-state index in [1.165, 1.54) is 12.1 Å². The minimum atomic E-state index is -0.827. The summed E-state index contributed by atoms with van der Waals surface area (Å²) in [6.45, 7) is 5.45. The van der Waals surface area contributed by atoms with Crippen LogP contribution < -0.4 is 10.5 Å². The minimum absolute atomic E-state index is 0.183. The van der Waals surface area contributed by atoms with Crippen LogP contribution in [0.25, 0.3) is 0 Å². The molecule has 0 saturated heterocycles. The first-order valence-corrected chi connectivity index (χ1v) is 6.39. The van der Waals surface area contributed by atoms with Crippen LogP contribution in [0.4, 0.5) is 5.69 Å². The molecule has 0 aliphatic heterocycles. The molecule has 1 unspecified atom stereocenters. The van der Waals surface area contributed by atoms with Crippen LogP contribution in [0.15, 0.2) is 18.2 Å². The van der Waals surface area contributed by atoms with E-state index in [0.29, 0.717) is 5.69 Å². The first-order valence-electron chi connectivity index (χ1n) is 6.39. The molecule has 1 rings (SSSR count). The fourth-order valence-corrected chi connectivity index (χ4v) is 1.52. The van der Waals surface area contributed by atoms with Crippen molar-refractivity contribution in [3.63, 3.8) is 0 Å². The Morgan fingerprint density at radius 1 is 1.20 bits per heavy atom. The monoisotopic (exact) mass is 281 g/mol. The van der Waals surface area contributed by atoms with E-state index < -0.39 is 18.0 Å². The Kier molecular flexibility index (Phi) is 5.83. The van der Waals surface area contributed by atoms with Crippen LogP contribution in [0.1, 0.15) is 31.1 Å². The van der Waals surface area contributed by atoms with E-state index >= 15 is 0 Å². The van der Waals surface area contributed by atoms with Crippen molar-refractivity contribution in [2.24, 2.45) is 0 Å². The maximum absolute atomic E-state index is 11.8. The van der Waals surface area contributed by atoms with Gasteiger partial charge in [-0.3, -0.25) is 0 Å². The number of anilines is 1. The number of ether oxygens (including phenoxy) is 3. The van der Waals surface area contributed by atoms with E-state index in [1.807, 2.05) is 0 Å². The van der Waals surface area contributed by atoms with E-state index in [9.17, 15) is 9.59 Å². The predicted octanol–water partition coefficient (Wildman–Crippen LogP) is 1.78. The third-order valence-electron chi connectivity index (χ3n) is 2.42. The fraction of sp³-hybridized carbons (Fsp3) is 0.429. The number of nitrogens with two attached hydrogens (primary N) is 1. The number of hydrogen-bond acceptors (Lipinski definition) is 6. The third kappa shape index (κ3) is 4.15. The Labute approximate surface area is 117 Å². The highest BCUT2D eigenvalue weighted by Gasteiger charge is 2.20. The molecule has 1 aromatic carbocycles. The average molecular weight is 281 g/mol. The number of carbonyl (C=O) groups excluding carboxylic acids is 2. The molecule has 6 heteroatoms. The summed E-state index contributed by atoms with van der Waals surface area (Å²) < 4.78 is 15.2. The molecule has 0 amide bonds. The molecular weight excluding hydrogens is 262 g/mol. The van der Waals surface area contributed by atoms with Crippen molar-refractivity contribution in [2.45, 2.75) is 26.9 Å². The van der Waals surface area contributed by atoms with Crippen molar-refractivity contribution in [3.8, 4) is 5.75 Å². The summed E-state index contributed by atoms with van der Waals surface area (Å²) in [6.07, 6.45) is -0.827. The lowest BCUT2D eigenvalue weighted by molar-refractivity contribution is -0.150. The van der Waals surface area contributed by atoms with Crippen molar-refractivity contribution in [1.82, 2.24) is 0 Å². The van der Waals surface area contributed by atoms with Gasteiger partial charge in [-0.1, -0.05) is 0 Å². The van der Waals surface area contributed by atoms with Gasteiger partial charge in [-0.05, 0) is 39.0 Å². The number of benzene rings is 1. The van der Waals surface area contributed by atoms with E-state index in [2.05, 4.69) is 0 Å². The van der Waals surface area contributed by atoms with Crippen molar-refractivity contribution in [2.75, 3.05) is 18.9 Å². The smallest absolute Gasteiger partial charge is 0.347 e. The van der Waals surface area contributed by atoms with Gasteiger partial charge in [0.1, 0.15) is 11.3 Å². The van der Waals surface area contributed by atoms with E-state index in [0.717, 1.165) is 0 Å². The summed E-state index contributed by atoms with van der Waals surface area (Å²) >= 11 is 0. The van der Waals surface area contributed by atoms with Crippen LogP contribution in [0, 0.1) is 0 Å². The van der Waals surface area contributed by atoms with E-state index in [-0.39, 0.29) is 24.5 Å². The SMILES string of the molecule is CCOC(=O)c1cc(N)ccc1OC(C)C(=O)OCC. The summed E-state index contributed by atoms with van der Waals surface area (Å²) in [6, 6.07) is 4.55. The molecule has 110 valence electrons. The Hall–Kier alpha value is -2.24. The molecule has 0 fully saturated rings. The molecule has 1 atom stereocenters. The number of carbonyl (C=O) groups is 2. The molecule has 1 aromatic rings. The van der Waals surface area contributed by atoms with Gasteiger partial charge in [0.05, 0.1) is 13.2 Å². The van der Waals surface area contributed by atoms with Crippen molar-refractivity contribution in [3.05, 3.63) is 23.8 Å². The van der Waals surface area contributed by atoms with Gasteiger partial charge in [-0.25, -0.2) is 9.59 Å². The molecule has 6 nitrogen and oxygen atoms in total. The lowest BCUT2D eigenvalue weighted by Gasteiger charge is -2.16. The largest absolute Gasteiger partial charge is 0.478 e. The molecule has 20 heavy (non-hydrogen) atoms. The highest BCUT2D eigenvalue weighted by molar-refractivity contribution is 5.93. The van der Waals surface area contributed by atoms with Crippen LogP contribution in [0.2, 0.25) is 0 Å². The second-order valence-electron chi connectivity index (χ2n) is 3.99. The standard InChI is InChI=1S/C14H19NO5/c1-4-18-13(16)9(3)20-12-7-6-10(15)8-11(12)14(17)19-5-2/h6-9H,4-5,15H2,1-3H3. The van der Waals surface area contributed by atoms with Gasteiger partial charge in [0, 0.05) is 5.69 Å². The number of esters is 2. The molecule has 0 radical (unpaired) electrons. The first kappa shape index (κ1) is 15.8. The Morgan fingerprint density at radius 2 is 1.85 bits per heavy atom. The summed E-state index contributed by atoms with van der Waals surface area (Å²) in [5.74, 6) is -0.816. The molecule has 2 N–H and O–H groups in total. The molecule has 0 spiro atoms. The molecule has 0 aliphatic rings. The van der Waals surface area contributed by atoms with E-state index in [1.54, 1.807) is 26.8 Å². The molecule has 0 aromatic heterocycles. The first-order chi connectivity index (χ1) is 9.49. The average Bonchev–Trinajstić information content (AvgIpc) is 2.41. The van der Waals surface area contributed by atoms with Crippen LogP contribution in [-0.4, -0.2) is 31.3 Å².